The minimum Gasteiger partial charge on any atom is -0.333 e. The quantitative estimate of drug-likeness (QED) is 0.472. The van der Waals surface area contributed by atoms with Crippen molar-refractivity contribution in [1.82, 2.24) is 19.5 Å². The van der Waals surface area contributed by atoms with E-state index in [2.05, 4.69) is 38.1 Å². The summed E-state index contributed by atoms with van der Waals surface area (Å²) < 4.78 is 2.66. The van der Waals surface area contributed by atoms with E-state index >= 15 is 0 Å². The van der Waals surface area contributed by atoms with E-state index in [9.17, 15) is 4.79 Å². The van der Waals surface area contributed by atoms with Gasteiger partial charge in [-0.1, -0.05) is 24.3 Å². The second kappa shape index (κ2) is 6.87. The van der Waals surface area contributed by atoms with Gasteiger partial charge in [0.25, 0.3) is 5.91 Å². The summed E-state index contributed by atoms with van der Waals surface area (Å²) in [5, 5.41) is 4.46. The van der Waals surface area contributed by atoms with E-state index in [-0.39, 0.29) is 5.91 Å². The first-order valence-electron chi connectivity index (χ1n) is 9.15. The average Bonchev–Trinajstić information content (AvgIpc) is 3.16. The van der Waals surface area contributed by atoms with Gasteiger partial charge >= 0.3 is 0 Å². The van der Waals surface area contributed by atoms with E-state index < -0.39 is 0 Å². The fraction of sp³-hybridized carbons (Fsp3) is 0.136. The van der Waals surface area contributed by atoms with Crippen LogP contribution in [0.4, 0.5) is 0 Å². The number of halogens is 1. The van der Waals surface area contributed by atoms with E-state index in [0.717, 1.165) is 27.7 Å². The van der Waals surface area contributed by atoms with Crippen molar-refractivity contribution in [2.24, 2.45) is 0 Å². The molecule has 0 unspecified atom stereocenters. The molecule has 1 amide bonds. The highest BCUT2D eigenvalue weighted by Gasteiger charge is 2.25. The van der Waals surface area contributed by atoms with Crippen molar-refractivity contribution in [3.8, 4) is 11.3 Å². The van der Waals surface area contributed by atoms with Crippen molar-refractivity contribution in [2.45, 2.75) is 13.0 Å². The first-order valence-corrected chi connectivity index (χ1v) is 9.95. The highest BCUT2D eigenvalue weighted by atomic mass is 79.9. The lowest BCUT2D eigenvalue weighted by Gasteiger charge is -2.29. The number of hydrogen-bond donors (Lipinski definition) is 0. The topological polar surface area (TPSA) is 50.5 Å². The van der Waals surface area contributed by atoms with Gasteiger partial charge in [-0.3, -0.25) is 9.78 Å². The minimum atomic E-state index is -0.0336. The van der Waals surface area contributed by atoms with Gasteiger partial charge in [-0.15, -0.1) is 0 Å². The second-order valence-electron chi connectivity index (χ2n) is 6.88. The zero-order chi connectivity index (χ0) is 19.1. The largest absolute Gasteiger partial charge is 0.333 e. The lowest BCUT2D eigenvalue weighted by Crippen LogP contribution is -2.36. The van der Waals surface area contributed by atoms with Gasteiger partial charge in [0.05, 0.1) is 11.2 Å². The molecule has 0 spiro atoms. The molecule has 1 aromatic carbocycles. The Bertz CT molecular complexity index is 1190. The van der Waals surface area contributed by atoms with Gasteiger partial charge in [0.2, 0.25) is 0 Å². The van der Waals surface area contributed by atoms with Crippen molar-refractivity contribution in [1.29, 1.82) is 0 Å². The number of nitrogens with zero attached hydrogens (tertiary/aromatic N) is 4. The van der Waals surface area contributed by atoms with Crippen molar-refractivity contribution in [2.75, 3.05) is 6.54 Å². The van der Waals surface area contributed by atoms with Crippen LogP contribution in [0.3, 0.4) is 0 Å². The van der Waals surface area contributed by atoms with Crippen molar-refractivity contribution < 1.29 is 4.79 Å². The van der Waals surface area contributed by atoms with E-state index in [1.54, 1.807) is 4.52 Å². The highest BCUT2D eigenvalue weighted by Crippen LogP contribution is 2.29. The Morgan fingerprint density at radius 2 is 2.00 bits per heavy atom. The molecule has 0 aliphatic carbocycles. The Hall–Kier alpha value is -2.99. The number of pyridine rings is 2. The van der Waals surface area contributed by atoms with Crippen LogP contribution in [-0.2, 0) is 13.0 Å². The van der Waals surface area contributed by atoms with Crippen LogP contribution in [0.2, 0.25) is 0 Å². The summed E-state index contributed by atoms with van der Waals surface area (Å²) in [4.78, 5) is 19.4. The van der Waals surface area contributed by atoms with E-state index in [0.29, 0.717) is 18.8 Å². The molecule has 0 saturated carbocycles. The van der Waals surface area contributed by atoms with E-state index in [1.165, 1.54) is 11.1 Å². The maximum absolute atomic E-state index is 13.0. The standard InChI is InChI=1S/C22H17BrN4O/c23-16-7-8-17-12-21(25-27(17)14-16)22(28)26-11-9-18-15(13-26)4-3-5-19(18)20-6-1-2-10-24-20/h1-8,10,12,14H,9,11,13H2. The molecule has 28 heavy (non-hydrogen) atoms. The zero-order valence-electron chi connectivity index (χ0n) is 15.0. The number of amides is 1. The number of carbonyl (C=O) groups is 1. The summed E-state index contributed by atoms with van der Waals surface area (Å²) >= 11 is 3.44. The molecule has 6 heteroatoms. The number of hydrogen-bond acceptors (Lipinski definition) is 3. The summed E-state index contributed by atoms with van der Waals surface area (Å²) in [5.41, 5.74) is 5.97. The molecule has 138 valence electrons. The average molecular weight is 433 g/mol. The van der Waals surface area contributed by atoms with Crippen LogP contribution in [0.5, 0.6) is 0 Å². The molecule has 0 fully saturated rings. The number of carbonyl (C=O) groups excluding carboxylic acids is 1. The summed E-state index contributed by atoms with van der Waals surface area (Å²) in [7, 11) is 0. The Labute approximate surface area is 170 Å². The third kappa shape index (κ3) is 2.99. The molecular formula is C22H17BrN4O. The third-order valence-corrected chi connectivity index (χ3v) is 5.61. The smallest absolute Gasteiger partial charge is 0.274 e. The molecule has 0 atom stereocenters. The fourth-order valence-corrected chi connectivity index (χ4v) is 4.10. The van der Waals surface area contributed by atoms with Crippen molar-refractivity contribution >= 4 is 27.4 Å². The molecule has 4 heterocycles. The Kier molecular flexibility index (Phi) is 4.20. The third-order valence-electron chi connectivity index (χ3n) is 5.14. The van der Waals surface area contributed by atoms with E-state index in [4.69, 9.17) is 0 Å². The lowest BCUT2D eigenvalue weighted by molar-refractivity contribution is 0.0728. The van der Waals surface area contributed by atoms with Gasteiger partial charge in [0.15, 0.2) is 5.69 Å². The van der Waals surface area contributed by atoms with Crippen molar-refractivity contribution in [3.05, 3.63) is 88.3 Å². The minimum absolute atomic E-state index is 0.0336. The molecule has 5 nitrogen and oxygen atoms in total. The summed E-state index contributed by atoms with van der Waals surface area (Å²) in [5.74, 6) is -0.0336. The first-order chi connectivity index (χ1) is 13.7. The molecule has 5 rings (SSSR count). The molecule has 4 aromatic rings. The first kappa shape index (κ1) is 17.1. The van der Waals surface area contributed by atoms with Gasteiger partial charge in [0.1, 0.15) is 0 Å². The summed E-state index contributed by atoms with van der Waals surface area (Å²) in [6, 6.07) is 17.9. The predicted octanol–water partition coefficient (Wildman–Crippen LogP) is 4.36. The highest BCUT2D eigenvalue weighted by molar-refractivity contribution is 9.10. The maximum atomic E-state index is 13.0. The number of benzene rings is 1. The lowest BCUT2D eigenvalue weighted by atomic mass is 9.92. The van der Waals surface area contributed by atoms with Gasteiger partial charge in [-0.2, -0.15) is 5.10 Å². The molecule has 0 radical (unpaired) electrons. The predicted molar refractivity (Wildman–Crippen MR) is 111 cm³/mol. The van der Waals surface area contributed by atoms with Crippen LogP contribution < -0.4 is 0 Å². The zero-order valence-corrected chi connectivity index (χ0v) is 16.6. The van der Waals surface area contributed by atoms with Crippen LogP contribution >= 0.6 is 15.9 Å². The van der Waals surface area contributed by atoms with Gasteiger partial charge in [-0.05, 0) is 63.8 Å². The Balaban J connectivity index is 1.44. The molecule has 0 N–H and O–H groups in total. The second-order valence-corrected chi connectivity index (χ2v) is 7.80. The monoisotopic (exact) mass is 432 g/mol. The van der Waals surface area contributed by atoms with Crippen LogP contribution in [0.15, 0.2) is 71.5 Å². The number of fused-ring (bicyclic) bond motifs is 2. The van der Waals surface area contributed by atoms with Gasteiger partial charge < -0.3 is 4.90 Å². The van der Waals surface area contributed by atoms with Gasteiger partial charge in [-0.25, -0.2) is 4.52 Å². The number of rotatable bonds is 2. The summed E-state index contributed by atoms with van der Waals surface area (Å²) in [6.07, 6.45) is 4.48. The Morgan fingerprint density at radius 1 is 1.07 bits per heavy atom. The Morgan fingerprint density at radius 3 is 2.86 bits per heavy atom. The van der Waals surface area contributed by atoms with Crippen molar-refractivity contribution in [3.63, 3.8) is 0 Å². The summed E-state index contributed by atoms with van der Waals surface area (Å²) in [6.45, 7) is 1.26. The van der Waals surface area contributed by atoms with Crippen LogP contribution in [0, 0.1) is 0 Å². The van der Waals surface area contributed by atoms with Gasteiger partial charge in [0, 0.05) is 35.5 Å². The molecule has 0 saturated heterocycles. The molecule has 1 aliphatic rings. The maximum Gasteiger partial charge on any atom is 0.274 e. The molecule has 1 aliphatic heterocycles. The molecule has 3 aromatic heterocycles. The fourth-order valence-electron chi connectivity index (χ4n) is 3.77. The van der Waals surface area contributed by atoms with Crippen LogP contribution in [-0.4, -0.2) is 31.9 Å². The SMILES string of the molecule is O=C(c1cc2ccc(Br)cn2n1)N1CCc2c(cccc2-c2ccccn2)C1. The molecular weight excluding hydrogens is 416 g/mol. The van der Waals surface area contributed by atoms with E-state index in [1.807, 2.05) is 59.8 Å². The normalized spacial score (nSPS) is 13.5. The van der Waals surface area contributed by atoms with Crippen LogP contribution in [0.1, 0.15) is 21.6 Å². The van der Waals surface area contributed by atoms with Crippen LogP contribution in [0.25, 0.3) is 16.8 Å². The number of aromatic nitrogens is 3. The molecule has 0 bridgehead atoms.